The Hall–Kier alpha value is -3.22. The lowest BCUT2D eigenvalue weighted by Gasteiger charge is -2.11. The molecule has 7 heteroatoms. The third-order valence-corrected chi connectivity index (χ3v) is 3.59. The SMILES string of the molecule is COc1ccc(CCNC(=O)Nc2cccc(NC(C)=O)c2)cc1OC. The van der Waals surface area contributed by atoms with Gasteiger partial charge in [-0.3, -0.25) is 4.79 Å². The first-order valence-electron chi connectivity index (χ1n) is 8.15. The van der Waals surface area contributed by atoms with Crippen molar-refractivity contribution in [3.05, 3.63) is 48.0 Å². The maximum absolute atomic E-state index is 12.0. The van der Waals surface area contributed by atoms with E-state index < -0.39 is 0 Å². The summed E-state index contributed by atoms with van der Waals surface area (Å²) in [5.41, 5.74) is 2.25. The third kappa shape index (κ3) is 5.70. The van der Waals surface area contributed by atoms with E-state index in [1.807, 2.05) is 18.2 Å². The Balaban J connectivity index is 1.85. The number of amides is 3. The minimum absolute atomic E-state index is 0.165. The fourth-order valence-corrected chi connectivity index (χ4v) is 2.41. The first kappa shape index (κ1) is 19.1. The second-order valence-electron chi connectivity index (χ2n) is 5.58. The molecule has 0 aliphatic carbocycles. The molecule has 0 bridgehead atoms. The molecule has 7 nitrogen and oxygen atoms in total. The largest absolute Gasteiger partial charge is 0.493 e. The van der Waals surface area contributed by atoms with Gasteiger partial charge in [-0.25, -0.2) is 4.79 Å². The highest BCUT2D eigenvalue weighted by Crippen LogP contribution is 2.27. The van der Waals surface area contributed by atoms with Crippen molar-refractivity contribution in [1.82, 2.24) is 5.32 Å². The summed E-state index contributed by atoms with van der Waals surface area (Å²) in [7, 11) is 3.17. The summed E-state index contributed by atoms with van der Waals surface area (Å²) >= 11 is 0. The lowest BCUT2D eigenvalue weighted by molar-refractivity contribution is -0.114. The van der Waals surface area contributed by atoms with Crippen LogP contribution in [0.25, 0.3) is 0 Å². The predicted molar refractivity (Wildman–Crippen MR) is 101 cm³/mol. The lowest BCUT2D eigenvalue weighted by Crippen LogP contribution is -2.30. The van der Waals surface area contributed by atoms with Gasteiger partial charge in [-0.2, -0.15) is 0 Å². The standard InChI is InChI=1S/C19H23N3O4/c1-13(23)21-15-5-4-6-16(12-15)22-19(24)20-10-9-14-7-8-17(25-2)18(11-14)26-3/h4-8,11-12H,9-10H2,1-3H3,(H,21,23)(H2,20,22,24). The molecule has 0 atom stereocenters. The smallest absolute Gasteiger partial charge is 0.319 e. The summed E-state index contributed by atoms with van der Waals surface area (Å²) in [6, 6.07) is 12.3. The zero-order valence-electron chi connectivity index (χ0n) is 15.1. The van der Waals surface area contributed by atoms with Gasteiger partial charge in [0.15, 0.2) is 11.5 Å². The summed E-state index contributed by atoms with van der Waals surface area (Å²) in [5.74, 6) is 1.16. The summed E-state index contributed by atoms with van der Waals surface area (Å²) in [4.78, 5) is 23.1. The van der Waals surface area contributed by atoms with Crippen molar-refractivity contribution < 1.29 is 19.1 Å². The number of carbonyl (C=O) groups is 2. The van der Waals surface area contributed by atoms with Crippen molar-refractivity contribution in [3.63, 3.8) is 0 Å². The Bertz CT molecular complexity index is 777. The molecular weight excluding hydrogens is 334 g/mol. The monoisotopic (exact) mass is 357 g/mol. The highest BCUT2D eigenvalue weighted by atomic mass is 16.5. The lowest BCUT2D eigenvalue weighted by atomic mass is 10.1. The first-order chi connectivity index (χ1) is 12.5. The molecule has 0 aliphatic heterocycles. The van der Waals surface area contributed by atoms with Gasteiger partial charge in [-0.15, -0.1) is 0 Å². The second-order valence-corrected chi connectivity index (χ2v) is 5.58. The van der Waals surface area contributed by atoms with Crippen LogP contribution < -0.4 is 25.4 Å². The molecule has 0 heterocycles. The first-order valence-corrected chi connectivity index (χ1v) is 8.15. The number of methoxy groups -OCH3 is 2. The highest BCUT2D eigenvalue weighted by molar-refractivity contribution is 5.92. The topological polar surface area (TPSA) is 88.7 Å². The molecule has 3 amide bonds. The normalized spacial score (nSPS) is 9.96. The van der Waals surface area contributed by atoms with Crippen molar-refractivity contribution in [2.75, 3.05) is 31.4 Å². The Kier molecular flexibility index (Phi) is 6.84. The zero-order valence-corrected chi connectivity index (χ0v) is 15.1. The Labute approximate surface area is 152 Å². The molecule has 2 aromatic rings. The van der Waals surface area contributed by atoms with Crippen LogP contribution in [0.4, 0.5) is 16.2 Å². The van der Waals surface area contributed by atoms with Crippen molar-refractivity contribution in [2.24, 2.45) is 0 Å². The van der Waals surface area contributed by atoms with E-state index in [0.717, 1.165) is 5.56 Å². The Morgan fingerprint density at radius 1 is 0.923 bits per heavy atom. The molecule has 138 valence electrons. The van der Waals surface area contributed by atoms with E-state index in [1.54, 1.807) is 38.5 Å². The van der Waals surface area contributed by atoms with E-state index in [-0.39, 0.29) is 11.9 Å². The minimum Gasteiger partial charge on any atom is -0.493 e. The summed E-state index contributed by atoms with van der Waals surface area (Å²) < 4.78 is 10.5. The van der Waals surface area contributed by atoms with Crippen LogP contribution in [0.2, 0.25) is 0 Å². The van der Waals surface area contributed by atoms with Crippen LogP contribution in [-0.2, 0) is 11.2 Å². The van der Waals surface area contributed by atoms with Crippen LogP contribution in [0.1, 0.15) is 12.5 Å². The van der Waals surface area contributed by atoms with Gasteiger partial charge >= 0.3 is 6.03 Å². The average molecular weight is 357 g/mol. The molecular formula is C19H23N3O4. The molecule has 0 saturated heterocycles. The maximum Gasteiger partial charge on any atom is 0.319 e. The van der Waals surface area contributed by atoms with Crippen molar-refractivity contribution in [1.29, 1.82) is 0 Å². The number of benzene rings is 2. The number of nitrogens with one attached hydrogen (secondary N) is 3. The molecule has 0 radical (unpaired) electrons. The van der Waals surface area contributed by atoms with Crippen LogP contribution >= 0.6 is 0 Å². The maximum atomic E-state index is 12.0. The van der Waals surface area contributed by atoms with E-state index in [0.29, 0.717) is 35.8 Å². The van der Waals surface area contributed by atoms with Gasteiger partial charge in [-0.05, 0) is 42.3 Å². The Morgan fingerprint density at radius 2 is 1.62 bits per heavy atom. The van der Waals surface area contributed by atoms with Crippen LogP contribution in [0, 0.1) is 0 Å². The fourth-order valence-electron chi connectivity index (χ4n) is 2.41. The van der Waals surface area contributed by atoms with Crippen LogP contribution in [0.3, 0.4) is 0 Å². The van der Waals surface area contributed by atoms with Gasteiger partial charge in [0.2, 0.25) is 5.91 Å². The molecule has 0 aliphatic rings. The van der Waals surface area contributed by atoms with Gasteiger partial charge in [0.05, 0.1) is 14.2 Å². The molecule has 0 unspecified atom stereocenters. The van der Waals surface area contributed by atoms with E-state index >= 15 is 0 Å². The van der Waals surface area contributed by atoms with Crippen LogP contribution in [-0.4, -0.2) is 32.7 Å². The number of urea groups is 1. The summed E-state index contributed by atoms with van der Waals surface area (Å²) in [6.45, 7) is 1.90. The molecule has 2 rings (SSSR count). The second kappa shape index (κ2) is 9.31. The quantitative estimate of drug-likeness (QED) is 0.711. The molecule has 0 spiro atoms. The summed E-state index contributed by atoms with van der Waals surface area (Å²) in [6.07, 6.45) is 0.652. The average Bonchev–Trinajstić information content (AvgIpc) is 2.61. The number of anilines is 2. The van der Waals surface area contributed by atoms with Crippen molar-refractivity contribution in [2.45, 2.75) is 13.3 Å². The van der Waals surface area contributed by atoms with E-state index in [2.05, 4.69) is 16.0 Å². The predicted octanol–water partition coefficient (Wildman–Crippen LogP) is 3.03. The number of ether oxygens (including phenoxy) is 2. The molecule has 0 saturated carbocycles. The van der Waals surface area contributed by atoms with Gasteiger partial charge < -0.3 is 25.4 Å². The summed E-state index contributed by atoms with van der Waals surface area (Å²) in [5, 5.41) is 8.20. The van der Waals surface area contributed by atoms with Crippen molar-refractivity contribution in [3.8, 4) is 11.5 Å². The number of rotatable bonds is 7. The van der Waals surface area contributed by atoms with Crippen molar-refractivity contribution >= 4 is 23.3 Å². The third-order valence-electron chi connectivity index (χ3n) is 3.59. The van der Waals surface area contributed by atoms with E-state index in [1.165, 1.54) is 6.92 Å². The van der Waals surface area contributed by atoms with E-state index in [9.17, 15) is 9.59 Å². The highest BCUT2D eigenvalue weighted by Gasteiger charge is 2.06. The Morgan fingerprint density at radius 3 is 2.27 bits per heavy atom. The minimum atomic E-state index is -0.314. The van der Waals surface area contributed by atoms with Gasteiger partial charge in [0, 0.05) is 24.8 Å². The molecule has 3 N–H and O–H groups in total. The van der Waals surface area contributed by atoms with Crippen LogP contribution in [0.5, 0.6) is 11.5 Å². The number of hydrogen-bond acceptors (Lipinski definition) is 4. The zero-order chi connectivity index (χ0) is 18.9. The van der Waals surface area contributed by atoms with E-state index in [4.69, 9.17) is 9.47 Å². The molecule has 2 aromatic carbocycles. The molecule has 0 fully saturated rings. The number of hydrogen-bond donors (Lipinski definition) is 3. The molecule has 26 heavy (non-hydrogen) atoms. The van der Waals surface area contributed by atoms with Gasteiger partial charge in [0.1, 0.15) is 0 Å². The fraction of sp³-hybridized carbons (Fsp3) is 0.263. The molecule has 0 aromatic heterocycles. The van der Waals surface area contributed by atoms with Crippen LogP contribution in [0.15, 0.2) is 42.5 Å². The van der Waals surface area contributed by atoms with Gasteiger partial charge in [-0.1, -0.05) is 12.1 Å². The van der Waals surface area contributed by atoms with Gasteiger partial charge in [0.25, 0.3) is 0 Å². The number of carbonyl (C=O) groups excluding carboxylic acids is 2.